The average molecular weight is 212 g/mol. The molecule has 3 aliphatic carbocycles. The van der Waals surface area contributed by atoms with E-state index in [0.29, 0.717) is 0 Å². The second-order valence-corrected chi connectivity index (χ2v) is 6.24. The predicted octanol–water partition coefficient (Wildman–Crippen LogP) is 4.23. The van der Waals surface area contributed by atoms with Crippen molar-refractivity contribution >= 4 is 0 Å². The van der Waals surface area contributed by atoms with Crippen molar-refractivity contribution in [1.82, 2.24) is 0 Å². The molecular formula is C16H20. The lowest BCUT2D eigenvalue weighted by Gasteiger charge is -2.23. The molecule has 0 aliphatic heterocycles. The predicted molar refractivity (Wildman–Crippen MR) is 66.2 cm³/mol. The topological polar surface area (TPSA) is 0 Å². The Hall–Kier alpha value is -0.780. The van der Waals surface area contributed by atoms with Crippen LogP contribution in [0.15, 0.2) is 30.3 Å². The number of benzene rings is 1. The zero-order chi connectivity index (χ0) is 10.5. The summed E-state index contributed by atoms with van der Waals surface area (Å²) in [5.74, 6) is 5.32. The summed E-state index contributed by atoms with van der Waals surface area (Å²) in [7, 11) is 0. The summed E-state index contributed by atoms with van der Waals surface area (Å²) in [5.41, 5.74) is 1.61. The van der Waals surface area contributed by atoms with Crippen molar-refractivity contribution in [2.24, 2.45) is 23.7 Å². The summed E-state index contributed by atoms with van der Waals surface area (Å²) >= 11 is 0. The Morgan fingerprint density at radius 3 is 2.00 bits per heavy atom. The van der Waals surface area contributed by atoms with Crippen LogP contribution in [0.3, 0.4) is 0 Å². The minimum Gasteiger partial charge on any atom is -0.0622 e. The molecule has 3 fully saturated rings. The fourth-order valence-corrected chi connectivity index (χ4v) is 5.01. The van der Waals surface area contributed by atoms with Crippen LogP contribution >= 0.6 is 0 Å². The van der Waals surface area contributed by atoms with Gasteiger partial charge >= 0.3 is 0 Å². The molecule has 0 radical (unpaired) electrons. The van der Waals surface area contributed by atoms with E-state index in [1.807, 2.05) is 0 Å². The molecule has 0 amide bonds. The lowest BCUT2D eigenvalue weighted by molar-refractivity contribution is 0.259. The van der Waals surface area contributed by atoms with Crippen LogP contribution in [-0.2, 0) is 0 Å². The van der Waals surface area contributed by atoms with Gasteiger partial charge in [0, 0.05) is 0 Å². The molecule has 0 heteroatoms. The highest BCUT2D eigenvalue weighted by atomic mass is 14.6. The molecule has 16 heavy (non-hydrogen) atoms. The van der Waals surface area contributed by atoms with E-state index in [2.05, 4.69) is 30.3 Å². The van der Waals surface area contributed by atoms with Gasteiger partial charge in [0.15, 0.2) is 0 Å². The third-order valence-electron chi connectivity index (χ3n) is 5.66. The van der Waals surface area contributed by atoms with E-state index < -0.39 is 0 Å². The van der Waals surface area contributed by atoms with Crippen molar-refractivity contribution in [2.75, 3.05) is 0 Å². The second-order valence-electron chi connectivity index (χ2n) is 6.24. The molecule has 1 aromatic carbocycles. The monoisotopic (exact) mass is 212 g/mol. The molecule has 3 aliphatic rings. The highest BCUT2D eigenvalue weighted by molar-refractivity contribution is 5.22. The van der Waals surface area contributed by atoms with Gasteiger partial charge in [0.25, 0.3) is 0 Å². The molecule has 84 valence electrons. The van der Waals surface area contributed by atoms with Crippen LogP contribution in [0.1, 0.15) is 43.6 Å². The van der Waals surface area contributed by atoms with Gasteiger partial charge in [0.05, 0.1) is 0 Å². The fraction of sp³-hybridized carbons (Fsp3) is 0.625. The minimum atomic E-state index is 0.889. The van der Waals surface area contributed by atoms with Crippen LogP contribution in [0.5, 0.6) is 0 Å². The normalized spacial score (nSPS) is 44.9. The summed E-state index contributed by atoms with van der Waals surface area (Å²) in [6.45, 7) is 0. The van der Waals surface area contributed by atoms with Crippen molar-refractivity contribution in [3.05, 3.63) is 35.9 Å². The van der Waals surface area contributed by atoms with Crippen molar-refractivity contribution in [1.29, 1.82) is 0 Å². The van der Waals surface area contributed by atoms with Gasteiger partial charge in [-0.2, -0.15) is 0 Å². The van der Waals surface area contributed by atoms with Crippen LogP contribution < -0.4 is 0 Å². The first-order chi connectivity index (χ1) is 7.92. The van der Waals surface area contributed by atoms with E-state index in [1.165, 1.54) is 12.8 Å². The summed E-state index contributed by atoms with van der Waals surface area (Å²) in [5, 5.41) is 0. The van der Waals surface area contributed by atoms with Crippen LogP contribution in [0.25, 0.3) is 0 Å². The SMILES string of the molecule is c1ccc(C2CC3C4CCC(C4)C3C2)cc1. The van der Waals surface area contributed by atoms with Crippen molar-refractivity contribution in [3.63, 3.8) is 0 Å². The van der Waals surface area contributed by atoms with Crippen molar-refractivity contribution < 1.29 is 0 Å². The van der Waals surface area contributed by atoms with E-state index in [4.69, 9.17) is 0 Å². The quantitative estimate of drug-likeness (QED) is 0.653. The van der Waals surface area contributed by atoms with Gasteiger partial charge in [-0.3, -0.25) is 0 Å². The lowest BCUT2D eigenvalue weighted by atomic mass is 9.82. The molecular weight excluding hydrogens is 192 g/mol. The highest BCUT2D eigenvalue weighted by Crippen LogP contribution is 2.61. The zero-order valence-corrected chi connectivity index (χ0v) is 9.81. The van der Waals surface area contributed by atoms with Crippen LogP contribution in [0.2, 0.25) is 0 Å². The van der Waals surface area contributed by atoms with E-state index in [-0.39, 0.29) is 0 Å². The maximum absolute atomic E-state index is 2.34. The first kappa shape index (κ1) is 9.27. The maximum Gasteiger partial charge on any atom is -0.0156 e. The van der Waals surface area contributed by atoms with E-state index in [9.17, 15) is 0 Å². The van der Waals surface area contributed by atoms with Gasteiger partial charge in [0.2, 0.25) is 0 Å². The molecule has 0 spiro atoms. The van der Waals surface area contributed by atoms with Crippen LogP contribution in [0, 0.1) is 23.7 Å². The average Bonchev–Trinajstić information content (AvgIpc) is 3.02. The first-order valence-electron chi connectivity index (χ1n) is 6.97. The van der Waals surface area contributed by atoms with E-state index in [0.717, 1.165) is 29.6 Å². The molecule has 3 saturated carbocycles. The number of hydrogen-bond donors (Lipinski definition) is 0. The van der Waals surface area contributed by atoms with Gasteiger partial charge in [-0.1, -0.05) is 30.3 Å². The Morgan fingerprint density at radius 1 is 0.750 bits per heavy atom. The Morgan fingerprint density at radius 2 is 1.38 bits per heavy atom. The van der Waals surface area contributed by atoms with Gasteiger partial charge in [-0.05, 0) is 67.3 Å². The number of fused-ring (bicyclic) bond motifs is 5. The molecule has 4 rings (SSSR count). The Kier molecular flexibility index (Phi) is 1.94. The minimum absolute atomic E-state index is 0.889. The zero-order valence-electron chi connectivity index (χ0n) is 9.81. The molecule has 0 heterocycles. The van der Waals surface area contributed by atoms with Gasteiger partial charge in [-0.25, -0.2) is 0 Å². The highest BCUT2D eigenvalue weighted by Gasteiger charge is 2.51. The molecule has 2 bridgehead atoms. The van der Waals surface area contributed by atoms with Crippen molar-refractivity contribution in [2.45, 2.75) is 38.0 Å². The third-order valence-corrected chi connectivity index (χ3v) is 5.66. The van der Waals surface area contributed by atoms with Crippen molar-refractivity contribution in [3.8, 4) is 0 Å². The summed E-state index contributed by atoms with van der Waals surface area (Å²) < 4.78 is 0. The molecule has 4 unspecified atom stereocenters. The van der Waals surface area contributed by atoms with Gasteiger partial charge in [-0.15, -0.1) is 0 Å². The Balaban J connectivity index is 1.59. The van der Waals surface area contributed by atoms with Crippen LogP contribution in [0.4, 0.5) is 0 Å². The van der Waals surface area contributed by atoms with Gasteiger partial charge in [0.1, 0.15) is 0 Å². The van der Waals surface area contributed by atoms with E-state index in [1.54, 1.807) is 24.8 Å². The fourth-order valence-electron chi connectivity index (χ4n) is 5.01. The second kappa shape index (κ2) is 3.35. The van der Waals surface area contributed by atoms with E-state index >= 15 is 0 Å². The number of hydrogen-bond acceptors (Lipinski definition) is 0. The maximum atomic E-state index is 2.34. The molecule has 0 N–H and O–H groups in total. The molecule has 0 aromatic heterocycles. The molecule has 4 atom stereocenters. The molecule has 0 saturated heterocycles. The summed E-state index contributed by atoms with van der Waals surface area (Å²) in [4.78, 5) is 0. The lowest BCUT2D eigenvalue weighted by Crippen LogP contribution is -2.15. The number of rotatable bonds is 1. The Labute approximate surface area is 98.1 Å². The summed E-state index contributed by atoms with van der Waals surface area (Å²) in [6.07, 6.45) is 7.67. The third kappa shape index (κ3) is 1.22. The Bertz CT molecular complexity index is 362. The molecule has 1 aromatic rings. The smallest absolute Gasteiger partial charge is 0.0156 e. The summed E-state index contributed by atoms with van der Waals surface area (Å²) in [6, 6.07) is 11.2. The largest absolute Gasteiger partial charge is 0.0622 e. The first-order valence-corrected chi connectivity index (χ1v) is 6.97. The van der Waals surface area contributed by atoms with Crippen LogP contribution in [-0.4, -0.2) is 0 Å². The standard InChI is InChI=1S/C16H20/c1-2-4-11(5-3-1)14-9-15-12-6-7-13(8-12)16(15)10-14/h1-5,12-16H,6-10H2. The molecule has 0 nitrogen and oxygen atoms in total. The van der Waals surface area contributed by atoms with Gasteiger partial charge < -0.3 is 0 Å².